The van der Waals surface area contributed by atoms with Crippen LogP contribution in [0.15, 0.2) is 92.1 Å². The van der Waals surface area contributed by atoms with E-state index in [0.29, 0.717) is 10.3 Å². The lowest BCUT2D eigenvalue weighted by molar-refractivity contribution is -0.912. The van der Waals surface area contributed by atoms with Gasteiger partial charge in [0.2, 0.25) is 10.3 Å². The van der Waals surface area contributed by atoms with Crippen molar-refractivity contribution < 1.29 is 42.9 Å². The van der Waals surface area contributed by atoms with Crippen molar-refractivity contribution >= 4 is 55.7 Å². The van der Waals surface area contributed by atoms with Crippen molar-refractivity contribution in [3.63, 3.8) is 0 Å². The summed E-state index contributed by atoms with van der Waals surface area (Å²) >= 11 is 2.98. The topological polar surface area (TPSA) is 84.9 Å². The zero-order valence-corrected chi connectivity index (χ0v) is 36.8. The van der Waals surface area contributed by atoms with E-state index in [1.54, 1.807) is 12.4 Å². The van der Waals surface area contributed by atoms with E-state index in [9.17, 15) is 0 Å². The van der Waals surface area contributed by atoms with Crippen LogP contribution in [0.25, 0.3) is 0 Å². The molecule has 53 heavy (non-hydrogen) atoms. The number of aromatic nitrogens is 2. The molecule has 15 heteroatoms. The fourth-order valence-corrected chi connectivity index (χ4v) is 7.43. The van der Waals surface area contributed by atoms with Gasteiger partial charge in [0.05, 0.1) is 71.8 Å². The highest BCUT2D eigenvalue weighted by Crippen LogP contribution is 2.25. The minimum absolute atomic E-state index is 0. The number of likely N-dealkylation sites (tertiary alicyclic amines) is 1. The minimum Gasteiger partial charge on any atom is -1.00 e. The number of rotatable bonds is 14. The van der Waals surface area contributed by atoms with Crippen LogP contribution < -0.4 is 43.8 Å². The Labute approximate surface area is 346 Å². The van der Waals surface area contributed by atoms with Crippen LogP contribution in [0, 0.1) is 0 Å². The fraction of sp³-hybridized carbons (Fsp3) is 0.526. The van der Waals surface area contributed by atoms with Gasteiger partial charge in [0.25, 0.3) is 0 Å². The number of azo groups is 2. The van der Waals surface area contributed by atoms with Gasteiger partial charge in [-0.25, -0.2) is 9.97 Å². The van der Waals surface area contributed by atoms with E-state index >= 15 is 0 Å². The number of hydrogen-bond donors (Lipinski definition) is 0. The Balaban J connectivity index is 0.000000275. The first-order valence-electron chi connectivity index (χ1n) is 18.4. The number of benzene rings is 2. The predicted molar refractivity (Wildman–Crippen MR) is 214 cm³/mol. The summed E-state index contributed by atoms with van der Waals surface area (Å²) < 4.78 is 2.36. The lowest BCUT2D eigenvalue weighted by atomic mass is 10.1. The molecule has 0 atom stereocenters. The zero-order valence-electron chi connectivity index (χ0n) is 32.0. The molecule has 4 aromatic rings. The molecule has 0 N–H and O–H groups in total. The molecule has 6 rings (SSSR count). The molecule has 11 nitrogen and oxygen atoms in total. The summed E-state index contributed by atoms with van der Waals surface area (Å²) in [6, 6.07) is 16.7. The number of piperazine rings is 1. The van der Waals surface area contributed by atoms with Crippen molar-refractivity contribution in [1.29, 1.82) is 0 Å². The molecule has 0 saturated carbocycles. The Kier molecular flexibility index (Phi) is 19.1. The predicted octanol–water partition coefficient (Wildman–Crippen LogP) is 2.80. The van der Waals surface area contributed by atoms with Gasteiger partial charge in [-0.3, -0.25) is 4.90 Å². The highest BCUT2D eigenvalue weighted by atomic mass is 79.9. The summed E-state index contributed by atoms with van der Waals surface area (Å²) in [7, 11) is 7.06. The molecule has 2 aliphatic rings. The smallest absolute Gasteiger partial charge is 0.229 e. The Morgan fingerprint density at radius 2 is 1.11 bits per heavy atom. The monoisotopic (exact) mass is 889 g/mol. The largest absolute Gasteiger partial charge is 1.00 e. The third-order valence-corrected chi connectivity index (χ3v) is 11.4. The lowest BCUT2D eigenvalue weighted by Gasteiger charge is -2.39. The van der Waals surface area contributed by atoms with Crippen LogP contribution in [-0.2, 0) is 0 Å². The van der Waals surface area contributed by atoms with Crippen molar-refractivity contribution in [2.45, 2.75) is 33.1 Å². The molecule has 0 bridgehead atoms. The van der Waals surface area contributed by atoms with Crippen LogP contribution in [-0.4, -0.2) is 124 Å². The quantitative estimate of drug-likeness (QED) is 0.144. The van der Waals surface area contributed by atoms with E-state index in [1.807, 2.05) is 35.0 Å². The van der Waals surface area contributed by atoms with Gasteiger partial charge < -0.3 is 52.7 Å². The molecular formula is C38H57Br2N11S2. The van der Waals surface area contributed by atoms with Gasteiger partial charge in [0.1, 0.15) is 0 Å². The third kappa shape index (κ3) is 14.8. The van der Waals surface area contributed by atoms with Crippen molar-refractivity contribution in [2.75, 3.05) is 109 Å². The van der Waals surface area contributed by atoms with Gasteiger partial charge in [0.15, 0.2) is 0 Å². The highest BCUT2D eigenvalue weighted by Gasteiger charge is 2.25. The highest BCUT2D eigenvalue weighted by molar-refractivity contribution is 7.13. The van der Waals surface area contributed by atoms with E-state index in [-0.39, 0.29) is 34.0 Å². The number of anilines is 2. The number of piperidine rings is 1. The van der Waals surface area contributed by atoms with Crippen LogP contribution in [0.5, 0.6) is 0 Å². The first-order valence-corrected chi connectivity index (χ1v) is 20.2. The first kappa shape index (κ1) is 44.7. The molecule has 2 aromatic heterocycles. The average Bonchev–Trinajstić information content (AvgIpc) is 3.88. The maximum Gasteiger partial charge on any atom is 0.229 e. The lowest BCUT2D eigenvalue weighted by Crippen LogP contribution is -3.00. The normalized spacial score (nSPS) is 16.7. The summed E-state index contributed by atoms with van der Waals surface area (Å²) in [4.78, 5) is 15.7. The van der Waals surface area contributed by atoms with Crippen LogP contribution >= 0.6 is 22.7 Å². The standard InChI is InChI=1S/C19H29N6S.C19H28N5S.2BrH/c1-4-24(11-10-23-12-14-25(2,3)15-13-23)18-7-5-17(6-8-18)21-22-19-20-9-16-26-19;1-3-23(12-15-24(2)13-5-4-6-14-24)18-9-7-17(8-10-18)21-22-19-20-11-16-25-19;;/h5-9,16H,4,10-15H2,1-3H3;7-11,16H,3-6,12-15H2,1-2H3;2*1H/q2*+1;;/p-2. The second kappa shape index (κ2) is 22.7. The van der Waals surface area contributed by atoms with E-state index in [1.165, 1.54) is 104 Å². The third-order valence-electron chi connectivity index (χ3n) is 10.1. The maximum atomic E-state index is 4.26. The summed E-state index contributed by atoms with van der Waals surface area (Å²) in [6.07, 6.45) is 7.64. The molecule has 0 unspecified atom stereocenters. The Morgan fingerprint density at radius 3 is 1.55 bits per heavy atom. The summed E-state index contributed by atoms with van der Waals surface area (Å²) in [5, 5.41) is 22.0. The number of likely N-dealkylation sites (N-methyl/N-ethyl adjacent to an activating group) is 4. The summed E-state index contributed by atoms with van der Waals surface area (Å²) in [5.41, 5.74) is 4.23. The molecular weight excluding hydrogens is 834 g/mol. The van der Waals surface area contributed by atoms with Crippen molar-refractivity contribution in [3.8, 4) is 0 Å². The molecule has 2 aliphatic heterocycles. The van der Waals surface area contributed by atoms with E-state index in [2.05, 4.69) is 104 Å². The molecule has 0 radical (unpaired) electrons. The second-order valence-corrected chi connectivity index (χ2v) is 16.0. The summed E-state index contributed by atoms with van der Waals surface area (Å²) in [6.45, 7) is 18.5. The molecule has 0 spiro atoms. The molecule has 2 saturated heterocycles. The fourth-order valence-electron chi connectivity index (χ4n) is 6.53. The molecule has 2 fully saturated rings. The molecule has 0 amide bonds. The van der Waals surface area contributed by atoms with E-state index < -0.39 is 0 Å². The number of thiazole rings is 2. The van der Waals surface area contributed by atoms with E-state index in [4.69, 9.17) is 0 Å². The molecule has 0 aliphatic carbocycles. The Morgan fingerprint density at radius 1 is 0.642 bits per heavy atom. The second-order valence-electron chi connectivity index (χ2n) is 14.3. The van der Waals surface area contributed by atoms with Crippen molar-refractivity contribution in [1.82, 2.24) is 14.9 Å². The van der Waals surface area contributed by atoms with Gasteiger partial charge in [0, 0.05) is 73.8 Å². The molecule has 4 heterocycles. The minimum atomic E-state index is 0. The first-order chi connectivity index (χ1) is 24.7. The summed E-state index contributed by atoms with van der Waals surface area (Å²) in [5.74, 6) is 0. The van der Waals surface area contributed by atoms with Crippen LogP contribution in [0.2, 0.25) is 0 Å². The number of hydrogen-bond acceptors (Lipinski definition) is 11. The Bertz CT molecular complexity index is 1600. The van der Waals surface area contributed by atoms with Crippen molar-refractivity contribution in [2.24, 2.45) is 20.5 Å². The van der Waals surface area contributed by atoms with Crippen LogP contribution in [0.3, 0.4) is 0 Å². The van der Waals surface area contributed by atoms with Gasteiger partial charge >= 0.3 is 0 Å². The number of quaternary nitrogens is 2. The zero-order chi connectivity index (χ0) is 35.9. The number of nitrogens with zero attached hydrogens (tertiary/aromatic N) is 11. The molecule has 2 aromatic carbocycles. The van der Waals surface area contributed by atoms with Gasteiger partial charge in [-0.2, -0.15) is 0 Å². The van der Waals surface area contributed by atoms with Gasteiger partial charge in [-0.15, -0.1) is 43.1 Å². The maximum absolute atomic E-state index is 4.26. The molecule has 290 valence electrons. The average molecular weight is 892 g/mol. The number of halogens is 2. The van der Waals surface area contributed by atoms with Gasteiger partial charge in [-0.05, 0) is 81.6 Å². The SMILES string of the molecule is CCN(CCN1CC[N+](C)(C)CC1)c1ccc(N=Nc2nccs2)cc1.CCN(CC[N+]1(C)CCCCC1)c1ccc(N=Nc2nccs2)cc1.[Br-].[Br-]. The van der Waals surface area contributed by atoms with Crippen LogP contribution in [0.4, 0.5) is 33.0 Å². The van der Waals surface area contributed by atoms with E-state index in [0.717, 1.165) is 48.6 Å². The van der Waals surface area contributed by atoms with Crippen LogP contribution in [0.1, 0.15) is 33.1 Å². The Hall–Kier alpha value is -2.66. The van der Waals surface area contributed by atoms with Gasteiger partial charge in [-0.1, -0.05) is 0 Å². The van der Waals surface area contributed by atoms with Crippen molar-refractivity contribution in [3.05, 3.63) is 71.7 Å².